The van der Waals surface area contributed by atoms with Gasteiger partial charge in [0.25, 0.3) is 0 Å². The number of likely N-dealkylation sites (tertiary alicyclic amines) is 1. The molecule has 1 atom stereocenters. The van der Waals surface area contributed by atoms with E-state index in [0.29, 0.717) is 36.2 Å². The van der Waals surface area contributed by atoms with Crippen LogP contribution in [0.25, 0.3) is 0 Å². The molecule has 0 bridgehead atoms. The third kappa shape index (κ3) is 8.14. The first-order valence-corrected chi connectivity index (χ1v) is 16.2. The van der Waals surface area contributed by atoms with E-state index in [-0.39, 0.29) is 17.9 Å². The van der Waals surface area contributed by atoms with Crippen molar-refractivity contribution in [1.29, 1.82) is 0 Å². The minimum absolute atomic E-state index is 0.0289. The predicted octanol–water partition coefficient (Wildman–Crippen LogP) is 4.65. The summed E-state index contributed by atoms with van der Waals surface area (Å²) in [6.45, 7) is 2.83. The van der Waals surface area contributed by atoms with E-state index in [1.54, 1.807) is 12.1 Å². The van der Waals surface area contributed by atoms with Crippen LogP contribution >= 0.6 is 0 Å². The molecule has 0 spiro atoms. The van der Waals surface area contributed by atoms with Crippen LogP contribution in [0, 0.1) is 5.92 Å². The summed E-state index contributed by atoms with van der Waals surface area (Å²) >= 11 is 0. The minimum Gasteiger partial charge on any atom is -0.349 e. The topological polar surface area (TPSA) is 117 Å². The van der Waals surface area contributed by atoms with Gasteiger partial charge in [-0.25, -0.2) is 8.42 Å². The molecule has 1 amide bonds. The predicted molar refractivity (Wildman–Crippen MR) is 154 cm³/mol. The van der Waals surface area contributed by atoms with E-state index in [1.165, 1.54) is 24.8 Å². The standard InChI is InChI=1S/C30H39N5O4S/c1-40(37,38)34-26-12-10-23(11-13-26)20-28-32-30(39-33-28)25-14-17-35(18-15-25)19-16-27(24-8-3-2-4-9-24)31-29(36)21-22-6-5-7-22/h2-4,8-13,22,25,27,34H,5-7,14-21H2,1H3,(H,31,36)/t27-/m0/s1. The lowest BCUT2D eigenvalue weighted by Crippen LogP contribution is -2.37. The van der Waals surface area contributed by atoms with Gasteiger partial charge < -0.3 is 14.7 Å². The van der Waals surface area contributed by atoms with Crippen molar-refractivity contribution >= 4 is 21.6 Å². The second kappa shape index (κ2) is 13.0. The fraction of sp³-hybridized carbons (Fsp3) is 0.500. The monoisotopic (exact) mass is 565 g/mol. The Bertz CT molecular complexity index is 1350. The Kier molecular flexibility index (Phi) is 9.16. The highest BCUT2D eigenvalue weighted by Gasteiger charge is 2.27. The van der Waals surface area contributed by atoms with E-state index >= 15 is 0 Å². The van der Waals surface area contributed by atoms with Gasteiger partial charge in [-0.05, 0) is 74.4 Å². The fourth-order valence-corrected chi connectivity index (χ4v) is 6.09. The highest BCUT2D eigenvalue weighted by atomic mass is 32.2. The van der Waals surface area contributed by atoms with Crippen molar-refractivity contribution in [2.45, 2.75) is 63.3 Å². The van der Waals surface area contributed by atoms with E-state index in [1.807, 2.05) is 30.3 Å². The van der Waals surface area contributed by atoms with Crippen LogP contribution in [-0.2, 0) is 21.2 Å². The molecule has 1 saturated carbocycles. The number of piperidine rings is 1. The summed E-state index contributed by atoms with van der Waals surface area (Å²) in [4.78, 5) is 19.8. The second-order valence-corrected chi connectivity index (χ2v) is 13.0. The Morgan fingerprint density at radius 3 is 2.42 bits per heavy atom. The van der Waals surface area contributed by atoms with Crippen LogP contribution in [0.2, 0.25) is 0 Å². The van der Waals surface area contributed by atoms with Crippen molar-refractivity contribution in [2.24, 2.45) is 5.92 Å². The Morgan fingerprint density at radius 2 is 1.77 bits per heavy atom. The zero-order valence-electron chi connectivity index (χ0n) is 23.1. The number of benzene rings is 2. The van der Waals surface area contributed by atoms with Gasteiger partial charge >= 0.3 is 0 Å². The summed E-state index contributed by atoms with van der Waals surface area (Å²) in [5.74, 6) is 2.29. The molecule has 1 aliphatic carbocycles. The van der Waals surface area contributed by atoms with Gasteiger partial charge in [-0.1, -0.05) is 54.0 Å². The third-order valence-corrected chi connectivity index (χ3v) is 8.62. The highest BCUT2D eigenvalue weighted by Crippen LogP contribution is 2.30. The largest absolute Gasteiger partial charge is 0.349 e. The van der Waals surface area contributed by atoms with Crippen molar-refractivity contribution in [2.75, 3.05) is 30.6 Å². The lowest BCUT2D eigenvalue weighted by molar-refractivity contribution is -0.123. The maximum atomic E-state index is 12.7. The number of hydrogen-bond donors (Lipinski definition) is 2. The molecule has 10 heteroatoms. The molecule has 2 fully saturated rings. The SMILES string of the molecule is CS(=O)(=O)Nc1ccc(Cc2noc(C3CCN(CC[C@H](NC(=O)CC4CCC4)c4ccccc4)CC3)n2)cc1. The maximum absolute atomic E-state index is 12.7. The summed E-state index contributed by atoms with van der Waals surface area (Å²) < 4.78 is 30.9. The number of nitrogens with zero attached hydrogens (tertiary/aromatic N) is 3. The van der Waals surface area contributed by atoms with Crippen LogP contribution in [0.1, 0.15) is 79.7 Å². The van der Waals surface area contributed by atoms with Gasteiger partial charge in [-0.15, -0.1) is 0 Å². The molecular formula is C30H39N5O4S. The second-order valence-electron chi connectivity index (χ2n) is 11.2. The lowest BCUT2D eigenvalue weighted by Gasteiger charge is -2.32. The molecule has 1 aliphatic heterocycles. The van der Waals surface area contributed by atoms with Crippen molar-refractivity contribution in [1.82, 2.24) is 20.4 Å². The van der Waals surface area contributed by atoms with Gasteiger partial charge in [-0.2, -0.15) is 4.98 Å². The van der Waals surface area contributed by atoms with E-state index in [9.17, 15) is 13.2 Å². The average Bonchev–Trinajstić information content (AvgIpc) is 3.38. The number of anilines is 1. The summed E-state index contributed by atoms with van der Waals surface area (Å²) in [5.41, 5.74) is 2.67. The van der Waals surface area contributed by atoms with Crippen LogP contribution in [0.3, 0.4) is 0 Å². The number of rotatable bonds is 12. The molecule has 5 rings (SSSR count). The number of sulfonamides is 1. The Balaban J connectivity index is 1.09. The molecule has 1 aromatic heterocycles. The van der Waals surface area contributed by atoms with Crippen LogP contribution in [0.4, 0.5) is 5.69 Å². The third-order valence-electron chi connectivity index (χ3n) is 8.01. The molecule has 40 heavy (non-hydrogen) atoms. The normalized spacial score (nSPS) is 17.7. The number of nitrogens with one attached hydrogen (secondary N) is 2. The first-order valence-electron chi connectivity index (χ1n) is 14.3. The van der Waals surface area contributed by atoms with E-state index in [4.69, 9.17) is 4.52 Å². The number of carbonyl (C=O) groups excluding carboxylic acids is 1. The molecule has 2 heterocycles. The minimum atomic E-state index is -3.30. The molecule has 2 N–H and O–H groups in total. The van der Waals surface area contributed by atoms with Crippen molar-refractivity contribution in [3.05, 3.63) is 77.4 Å². The summed E-state index contributed by atoms with van der Waals surface area (Å²) in [6.07, 6.45) is 8.70. The van der Waals surface area contributed by atoms with Gasteiger partial charge in [-0.3, -0.25) is 9.52 Å². The average molecular weight is 566 g/mol. The Labute approximate surface area is 236 Å². The van der Waals surface area contributed by atoms with Crippen LogP contribution in [-0.4, -0.2) is 55.3 Å². The van der Waals surface area contributed by atoms with E-state index in [2.05, 4.69) is 37.2 Å². The van der Waals surface area contributed by atoms with Crippen molar-refractivity contribution < 1.29 is 17.7 Å². The van der Waals surface area contributed by atoms with Crippen LogP contribution in [0.5, 0.6) is 0 Å². The smallest absolute Gasteiger partial charge is 0.229 e. The van der Waals surface area contributed by atoms with E-state index in [0.717, 1.165) is 50.7 Å². The first-order chi connectivity index (χ1) is 19.3. The van der Waals surface area contributed by atoms with Gasteiger partial charge in [0.2, 0.25) is 21.8 Å². The molecule has 0 radical (unpaired) electrons. The summed E-state index contributed by atoms with van der Waals surface area (Å²) in [6, 6.07) is 17.5. The molecule has 214 valence electrons. The number of carbonyl (C=O) groups is 1. The van der Waals surface area contributed by atoms with Crippen molar-refractivity contribution in [3.8, 4) is 0 Å². The Hall–Kier alpha value is -3.24. The van der Waals surface area contributed by atoms with Gasteiger partial charge in [0, 0.05) is 31.0 Å². The lowest BCUT2D eigenvalue weighted by atomic mass is 9.83. The summed E-state index contributed by atoms with van der Waals surface area (Å²) in [5, 5.41) is 7.50. The number of amides is 1. The van der Waals surface area contributed by atoms with Gasteiger partial charge in [0.05, 0.1) is 12.3 Å². The van der Waals surface area contributed by atoms with Crippen LogP contribution in [0.15, 0.2) is 59.1 Å². The van der Waals surface area contributed by atoms with Gasteiger partial charge in [0.1, 0.15) is 0 Å². The number of aromatic nitrogens is 2. The Morgan fingerprint density at radius 1 is 1.05 bits per heavy atom. The fourth-order valence-electron chi connectivity index (χ4n) is 5.53. The molecular weight excluding hydrogens is 526 g/mol. The molecule has 3 aromatic rings. The molecule has 0 unspecified atom stereocenters. The van der Waals surface area contributed by atoms with Crippen molar-refractivity contribution in [3.63, 3.8) is 0 Å². The molecule has 1 saturated heterocycles. The maximum Gasteiger partial charge on any atom is 0.229 e. The first kappa shape index (κ1) is 28.3. The van der Waals surface area contributed by atoms with E-state index < -0.39 is 10.0 Å². The van der Waals surface area contributed by atoms with Crippen LogP contribution < -0.4 is 10.0 Å². The zero-order valence-corrected chi connectivity index (χ0v) is 23.9. The quantitative estimate of drug-likeness (QED) is 0.328. The summed E-state index contributed by atoms with van der Waals surface area (Å²) in [7, 11) is -3.30. The molecule has 2 aliphatic rings. The zero-order chi connectivity index (χ0) is 28.0. The van der Waals surface area contributed by atoms with Gasteiger partial charge in [0.15, 0.2) is 5.82 Å². The molecule has 2 aromatic carbocycles. The molecule has 9 nitrogen and oxygen atoms in total. The highest BCUT2D eigenvalue weighted by molar-refractivity contribution is 7.92. The number of hydrogen-bond acceptors (Lipinski definition) is 7.